The minimum Gasteiger partial charge on any atom is -0.495 e. The average molecular weight is 485 g/mol. The van der Waals surface area contributed by atoms with Crippen LogP contribution in [0.1, 0.15) is 25.5 Å². The molecule has 3 aromatic rings. The molecule has 1 atom stereocenters. The quantitative estimate of drug-likeness (QED) is 0.548. The highest BCUT2D eigenvalue weighted by molar-refractivity contribution is 9.10. The summed E-state index contributed by atoms with van der Waals surface area (Å²) >= 11 is 3.52. The summed E-state index contributed by atoms with van der Waals surface area (Å²) in [6.45, 7) is 4.21. The van der Waals surface area contributed by atoms with Crippen molar-refractivity contribution in [2.24, 2.45) is 0 Å². The number of carbonyl (C=O) groups is 1. The van der Waals surface area contributed by atoms with Gasteiger partial charge in [-0.15, -0.1) is 0 Å². The average Bonchev–Trinajstić information content (AvgIpc) is 3.22. The summed E-state index contributed by atoms with van der Waals surface area (Å²) in [5, 5.41) is 18.0. The Labute approximate surface area is 187 Å². The molecule has 31 heavy (non-hydrogen) atoms. The van der Waals surface area contributed by atoms with E-state index < -0.39 is 6.04 Å². The number of allylic oxidation sites excluding steroid dienone is 1. The van der Waals surface area contributed by atoms with Crippen LogP contribution < -0.4 is 20.1 Å². The number of nitrogens with one attached hydrogen (secondary N) is 2. The number of hydrogen-bond acceptors (Lipinski definition) is 7. The second kappa shape index (κ2) is 8.76. The molecular weight excluding hydrogens is 464 g/mol. The molecule has 2 aromatic carbocycles. The van der Waals surface area contributed by atoms with E-state index in [4.69, 9.17) is 9.47 Å². The monoisotopic (exact) mass is 484 g/mol. The van der Waals surface area contributed by atoms with Crippen LogP contribution in [0.2, 0.25) is 0 Å². The molecule has 2 heterocycles. The molecule has 10 heteroatoms. The van der Waals surface area contributed by atoms with Crippen LogP contribution >= 0.6 is 15.9 Å². The highest BCUT2D eigenvalue weighted by Crippen LogP contribution is 2.40. The van der Waals surface area contributed by atoms with Gasteiger partial charge >= 0.3 is 0 Å². The summed E-state index contributed by atoms with van der Waals surface area (Å²) in [7, 11) is 1.56. The molecule has 0 spiro atoms. The van der Waals surface area contributed by atoms with Gasteiger partial charge in [-0.2, -0.15) is 4.68 Å². The third-order valence-corrected chi connectivity index (χ3v) is 5.37. The smallest absolute Gasteiger partial charge is 0.255 e. The SMILES string of the molecule is CCOc1ccc(Br)cc1[C@H]1C(C(=O)Nc2ccccc2OC)=C(C)Nc2nnnn21. The van der Waals surface area contributed by atoms with Gasteiger partial charge in [-0.3, -0.25) is 4.79 Å². The van der Waals surface area contributed by atoms with Gasteiger partial charge in [0.15, 0.2) is 0 Å². The molecule has 0 unspecified atom stereocenters. The first-order chi connectivity index (χ1) is 15.0. The van der Waals surface area contributed by atoms with E-state index in [1.807, 2.05) is 44.2 Å². The van der Waals surface area contributed by atoms with E-state index in [0.717, 1.165) is 10.0 Å². The van der Waals surface area contributed by atoms with Gasteiger partial charge in [-0.1, -0.05) is 33.2 Å². The molecule has 1 amide bonds. The predicted molar refractivity (Wildman–Crippen MR) is 119 cm³/mol. The minimum absolute atomic E-state index is 0.303. The topological polar surface area (TPSA) is 103 Å². The standard InChI is InChI=1S/C21H21BrN6O3/c1-4-31-16-10-9-13(22)11-14(16)19-18(12(2)23-21-25-26-27-28(19)21)20(29)24-15-7-5-6-8-17(15)30-3/h5-11,19H,4H2,1-3H3,(H,24,29)(H,23,25,27)/t19-/m0/s1. The maximum atomic E-state index is 13.5. The number of hydrogen-bond donors (Lipinski definition) is 2. The predicted octanol–water partition coefficient (Wildman–Crippen LogP) is 3.77. The van der Waals surface area contributed by atoms with Gasteiger partial charge in [0.2, 0.25) is 5.95 Å². The van der Waals surface area contributed by atoms with E-state index in [-0.39, 0.29) is 5.91 Å². The normalized spacial score (nSPS) is 15.2. The lowest BCUT2D eigenvalue weighted by Gasteiger charge is -2.29. The van der Waals surface area contributed by atoms with E-state index in [1.165, 1.54) is 0 Å². The number of amides is 1. The van der Waals surface area contributed by atoms with Crippen molar-refractivity contribution in [3.63, 3.8) is 0 Å². The second-order valence-corrected chi connectivity index (χ2v) is 7.70. The Balaban J connectivity index is 1.82. The molecule has 0 fully saturated rings. The maximum Gasteiger partial charge on any atom is 0.255 e. The van der Waals surface area contributed by atoms with Crippen molar-refractivity contribution in [1.29, 1.82) is 0 Å². The summed E-state index contributed by atoms with van der Waals surface area (Å²) in [4.78, 5) is 13.5. The van der Waals surface area contributed by atoms with Crippen molar-refractivity contribution >= 4 is 33.5 Å². The van der Waals surface area contributed by atoms with Crippen LogP contribution in [-0.4, -0.2) is 39.8 Å². The fourth-order valence-corrected chi connectivity index (χ4v) is 3.93. The number of nitrogens with zero attached hydrogens (tertiary/aromatic N) is 4. The summed E-state index contributed by atoms with van der Waals surface area (Å²) in [6.07, 6.45) is 0. The molecule has 1 aromatic heterocycles. The van der Waals surface area contributed by atoms with E-state index in [2.05, 4.69) is 42.1 Å². The molecule has 1 aliphatic heterocycles. The fourth-order valence-electron chi connectivity index (χ4n) is 3.55. The van der Waals surface area contributed by atoms with Crippen LogP contribution in [0.3, 0.4) is 0 Å². The lowest BCUT2D eigenvalue weighted by Crippen LogP contribution is -2.32. The number of methoxy groups -OCH3 is 1. The lowest BCUT2D eigenvalue weighted by atomic mass is 9.94. The molecule has 0 aliphatic carbocycles. The number of anilines is 2. The Morgan fingerprint density at radius 1 is 1.26 bits per heavy atom. The van der Waals surface area contributed by atoms with Gasteiger partial charge in [-0.25, -0.2) is 0 Å². The maximum absolute atomic E-state index is 13.5. The summed E-state index contributed by atoms with van der Waals surface area (Å²) in [6, 6.07) is 12.3. The van der Waals surface area contributed by atoms with Crippen molar-refractivity contribution in [3.05, 3.63) is 63.8 Å². The van der Waals surface area contributed by atoms with Crippen molar-refractivity contribution < 1.29 is 14.3 Å². The third-order valence-electron chi connectivity index (χ3n) is 4.88. The van der Waals surface area contributed by atoms with E-state index in [9.17, 15) is 4.79 Å². The summed E-state index contributed by atoms with van der Waals surface area (Å²) in [5.41, 5.74) is 2.43. The summed E-state index contributed by atoms with van der Waals surface area (Å²) in [5.74, 6) is 1.35. The highest BCUT2D eigenvalue weighted by atomic mass is 79.9. The molecule has 0 bridgehead atoms. The van der Waals surface area contributed by atoms with E-state index in [1.54, 1.807) is 23.9 Å². The Bertz CT molecular complexity index is 1160. The number of ether oxygens (including phenoxy) is 2. The van der Waals surface area contributed by atoms with Crippen molar-refractivity contribution in [2.45, 2.75) is 19.9 Å². The number of tetrazole rings is 1. The minimum atomic E-state index is -0.597. The molecule has 9 nitrogen and oxygen atoms in total. The first kappa shape index (κ1) is 20.9. The van der Waals surface area contributed by atoms with Crippen LogP contribution in [0.4, 0.5) is 11.6 Å². The van der Waals surface area contributed by atoms with Crippen LogP contribution in [0.15, 0.2) is 58.2 Å². The molecular formula is C21H21BrN6O3. The lowest BCUT2D eigenvalue weighted by molar-refractivity contribution is -0.113. The molecule has 0 saturated heterocycles. The Kier molecular flexibility index (Phi) is 5.90. The molecule has 4 rings (SSSR count). The highest BCUT2D eigenvalue weighted by Gasteiger charge is 2.36. The van der Waals surface area contributed by atoms with Gasteiger partial charge in [0.1, 0.15) is 17.5 Å². The second-order valence-electron chi connectivity index (χ2n) is 6.78. The van der Waals surface area contributed by atoms with E-state index >= 15 is 0 Å². The first-order valence-electron chi connectivity index (χ1n) is 9.65. The largest absolute Gasteiger partial charge is 0.495 e. The van der Waals surface area contributed by atoms with Crippen molar-refractivity contribution in [1.82, 2.24) is 20.2 Å². The molecule has 0 saturated carbocycles. The zero-order valence-electron chi connectivity index (χ0n) is 17.2. The van der Waals surface area contributed by atoms with Gasteiger partial charge in [0.05, 0.1) is 25.0 Å². The fraction of sp³-hybridized carbons (Fsp3) is 0.238. The molecule has 1 aliphatic rings. The molecule has 2 N–H and O–H groups in total. The Hall–Kier alpha value is -3.40. The van der Waals surface area contributed by atoms with Crippen molar-refractivity contribution in [2.75, 3.05) is 24.4 Å². The third kappa shape index (κ3) is 3.98. The number of halogens is 1. The van der Waals surface area contributed by atoms with Crippen LogP contribution in [-0.2, 0) is 4.79 Å². The number of benzene rings is 2. The van der Waals surface area contributed by atoms with Gasteiger partial charge < -0.3 is 20.1 Å². The molecule has 0 radical (unpaired) electrons. The number of rotatable bonds is 6. The van der Waals surface area contributed by atoms with E-state index in [0.29, 0.717) is 41.0 Å². The zero-order valence-corrected chi connectivity index (χ0v) is 18.8. The van der Waals surface area contributed by atoms with Crippen molar-refractivity contribution in [3.8, 4) is 11.5 Å². The number of carbonyl (C=O) groups excluding carboxylic acids is 1. The van der Waals surface area contributed by atoms with Gasteiger partial charge in [0.25, 0.3) is 5.91 Å². The number of para-hydroxylation sites is 2. The number of fused-ring (bicyclic) bond motifs is 1. The van der Waals surface area contributed by atoms with Crippen LogP contribution in [0, 0.1) is 0 Å². The summed E-state index contributed by atoms with van der Waals surface area (Å²) < 4.78 is 13.7. The Morgan fingerprint density at radius 3 is 2.84 bits per heavy atom. The van der Waals surface area contributed by atoms with Gasteiger partial charge in [-0.05, 0) is 54.6 Å². The van der Waals surface area contributed by atoms with Gasteiger partial charge in [0, 0.05) is 15.7 Å². The number of aromatic nitrogens is 4. The zero-order chi connectivity index (χ0) is 22.0. The Morgan fingerprint density at radius 2 is 2.06 bits per heavy atom. The van der Waals surface area contributed by atoms with Crippen LogP contribution in [0.25, 0.3) is 0 Å². The molecule has 160 valence electrons. The first-order valence-corrected chi connectivity index (χ1v) is 10.4. The van der Waals surface area contributed by atoms with Crippen LogP contribution in [0.5, 0.6) is 11.5 Å².